The lowest BCUT2D eigenvalue weighted by molar-refractivity contribution is -0.131. The zero-order valence-corrected chi connectivity index (χ0v) is 13.8. The van der Waals surface area contributed by atoms with E-state index in [0.717, 1.165) is 24.0 Å². The van der Waals surface area contributed by atoms with Crippen molar-refractivity contribution < 1.29 is 9.90 Å². The van der Waals surface area contributed by atoms with Gasteiger partial charge in [-0.3, -0.25) is 4.79 Å². The Morgan fingerprint density at radius 3 is 2.24 bits per heavy atom. The second kappa shape index (κ2) is 4.34. The molecule has 2 nitrogen and oxygen atoms in total. The van der Waals surface area contributed by atoms with E-state index in [-0.39, 0.29) is 16.7 Å². The van der Waals surface area contributed by atoms with Gasteiger partial charge in [0.1, 0.15) is 11.5 Å². The van der Waals surface area contributed by atoms with Crippen LogP contribution in [-0.4, -0.2) is 10.9 Å². The van der Waals surface area contributed by atoms with Crippen molar-refractivity contribution in [1.29, 1.82) is 0 Å². The van der Waals surface area contributed by atoms with E-state index in [1.807, 2.05) is 26.0 Å². The maximum absolute atomic E-state index is 12.9. The number of benzene rings is 1. The fourth-order valence-electron chi connectivity index (χ4n) is 4.93. The maximum Gasteiger partial charge on any atom is 0.142 e. The van der Waals surface area contributed by atoms with Gasteiger partial charge in [-0.1, -0.05) is 32.9 Å². The van der Waals surface area contributed by atoms with Gasteiger partial charge >= 0.3 is 0 Å². The van der Waals surface area contributed by atoms with Crippen LogP contribution in [0.15, 0.2) is 12.1 Å². The Balaban J connectivity index is 1.92. The van der Waals surface area contributed by atoms with E-state index in [2.05, 4.69) is 20.8 Å². The number of hydrogen-bond donors (Lipinski definition) is 1. The first-order valence-electron chi connectivity index (χ1n) is 8.02. The third-order valence-corrected chi connectivity index (χ3v) is 6.68. The molecule has 0 radical (unpaired) electrons. The van der Waals surface area contributed by atoms with E-state index in [9.17, 15) is 9.90 Å². The first kappa shape index (κ1) is 14.6. The summed E-state index contributed by atoms with van der Waals surface area (Å²) in [6.45, 7) is 10.6. The van der Waals surface area contributed by atoms with Crippen LogP contribution < -0.4 is 0 Å². The number of aromatic hydroxyl groups is 1. The monoisotopic (exact) mass is 286 g/mol. The van der Waals surface area contributed by atoms with Crippen molar-refractivity contribution in [3.8, 4) is 5.75 Å². The number of phenols is 1. The number of aryl methyl sites for hydroxylation is 2. The molecule has 0 heterocycles. The summed E-state index contributed by atoms with van der Waals surface area (Å²) >= 11 is 0. The summed E-state index contributed by atoms with van der Waals surface area (Å²) in [4.78, 5) is 12.9. The quantitative estimate of drug-likeness (QED) is 0.885. The molecule has 0 aliphatic heterocycles. The normalized spacial score (nSPS) is 33.7. The Hall–Kier alpha value is -1.31. The molecule has 114 valence electrons. The zero-order chi connectivity index (χ0) is 15.6. The molecule has 1 aromatic rings. The van der Waals surface area contributed by atoms with Gasteiger partial charge < -0.3 is 5.11 Å². The van der Waals surface area contributed by atoms with Crippen LogP contribution in [0, 0.1) is 36.5 Å². The number of phenolic OH excluding ortho intramolecular Hbond substituents is 1. The van der Waals surface area contributed by atoms with E-state index < -0.39 is 0 Å². The molecule has 3 rings (SSSR count). The van der Waals surface area contributed by atoms with Gasteiger partial charge in [0.15, 0.2) is 0 Å². The molecular formula is C19H26O2. The largest absolute Gasteiger partial charge is 0.507 e. The number of ketones is 1. The molecule has 0 aromatic heterocycles. The van der Waals surface area contributed by atoms with Gasteiger partial charge in [0, 0.05) is 11.3 Å². The number of rotatable bonds is 2. The lowest BCUT2D eigenvalue weighted by Gasteiger charge is -2.32. The van der Waals surface area contributed by atoms with Gasteiger partial charge in [-0.2, -0.15) is 0 Å². The summed E-state index contributed by atoms with van der Waals surface area (Å²) in [6.07, 6.45) is 3.05. The molecule has 2 fully saturated rings. The summed E-state index contributed by atoms with van der Waals surface area (Å²) < 4.78 is 0. The third kappa shape index (κ3) is 1.81. The highest BCUT2D eigenvalue weighted by molar-refractivity contribution is 5.91. The van der Waals surface area contributed by atoms with Crippen molar-refractivity contribution in [2.24, 2.45) is 22.7 Å². The fourth-order valence-corrected chi connectivity index (χ4v) is 4.93. The standard InChI is InChI=1S/C19H26O2/c1-11-8-13(9-12(2)16(11)20)10-14-15-6-7-19(5,17(14)21)18(15,3)4/h8-9,14-15,20H,6-7,10H2,1-5H3. The number of carbonyl (C=O) groups is 1. The second-order valence-electron chi connectivity index (χ2n) is 7.95. The minimum absolute atomic E-state index is 0.121. The lowest BCUT2D eigenvalue weighted by Crippen LogP contribution is -2.33. The SMILES string of the molecule is Cc1cc(CC2C(=O)C3(C)CCC2C3(C)C)cc(C)c1O. The van der Waals surface area contributed by atoms with Crippen molar-refractivity contribution in [3.05, 3.63) is 28.8 Å². The molecule has 2 bridgehead atoms. The van der Waals surface area contributed by atoms with Crippen molar-refractivity contribution >= 4 is 5.78 Å². The number of fused-ring (bicyclic) bond motifs is 2. The van der Waals surface area contributed by atoms with Gasteiger partial charge in [-0.15, -0.1) is 0 Å². The van der Waals surface area contributed by atoms with Gasteiger partial charge in [0.05, 0.1) is 0 Å². The third-order valence-electron chi connectivity index (χ3n) is 6.68. The Labute approximate surface area is 127 Å². The summed E-state index contributed by atoms with van der Waals surface area (Å²) in [5.41, 5.74) is 2.99. The van der Waals surface area contributed by atoms with Gasteiger partial charge in [0.25, 0.3) is 0 Å². The molecule has 1 N–H and O–H groups in total. The first-order chi connectivity index (χ1) is 9.68. The van der Waals surface area contributed by atoms with Gasteiger partial charge in [-0.25, -0.2) is 0 Å². The van der Waals surface area contributed by atoms with Crippen LogP contribution in [0.1, 0.15) is 50.3 Å². The van der Waals surface area contributed by atoms with Crippen LogP contribution in [0.5, 0.6) is 5.75 Å². The molecule has 0 spiro atoms. The fraction of sp³-hybridized carbons (Fsp3) is 0.632. The van der Waals surface area contributed by atoms with Gasteiger partial charge in [0.2, 0.25) is 0 Å². The van der Waals surface area contributed by atoms with Crippen LogP contribution >= 0.6 is 0 Å². The molecule has 2 aliphatic carbocycles. The minimum atomic E-state index is -0.136. The Morgan fingerprint density at radius 1 is 1.19 bits per heavy atom. The molecule has 0 saturated heterocycles. The van der Waals surface area contributed by atoms with Gasteiger partial charge in [-0.05, 0) is 61.1 Å². The van der Waals surface area contributed by atoms with E-state index in [0.29, 0.717) is 17.5 Å². The van der Waals surface area contributed by atoms with Crippen molar-refractivity contribution in [2.75, 3.05) is 0 Å². The summed E-state index contributed by atoms with van der Waals surface area (Å²) in [5, 5.41) is 9.91. The van der Waals surface area contributed by atoms with Crippen LogP contribution in [0.4, 0.5) is 0 Å². The predicted molar refractivity (Wildman–Crippen MR) is 84.4 cm³/mol. The summed E-state index contributed by atoms with van der Waals surface area (Å²) in [7, 11) is 0. The highest BCUT2D eigenvalue weighted by Crippen LogP contribution is 2.66. The first-order valence-corrected chi connectivity index (χ1v) is 8.02. The molecule has 0 amide bonds. The van der Waals surface area contributed by atoms with E-state index in [1.54, 1.807) is 0 Å². The topological polar surface area (TPSA) is 37.3 Å². The lowest BCUT2D eigenvalue weighted by atomic mass is 9.70. The van der Waals surface area contributed by atoms with E-state index in [4.69, 9.17) is 0 Å². The summed E-state index contributed by atoms with van der Waals surface area (Å²) in [5.74, 6) is 1.50. The van der Waals surface area contributed by atoms with Crippen LogP contribution in [0.25, 0.3) is 0 Å². The van der Waals surface area contributed by atoms with Crippen LogP contribution in [0.2, 0.25) is 0 Å². The molecule has 2 saturated carbocycles. The number of carbonyl (C=O) groups excluding carboxylic acids is 1. The Bertz CT molecular complexity index is 591. The molecule has 2 aliphatic rings. The number of hydrogen-bond acceptors (Lipinski definition) is 2. The highest BCUT2D eigenvalue weighted by atomic mass is 16.3. The van der Waals surface area contributed by atoms with Crippen molar-refractivity contribution in [2.45, 2.75) is 53.9 Å². The average Bonchev–Trinajstić information content (AvgIpc) is 2.70. The molecular weight excluding hydrogens is 260 g/mol. The molecule has 1 aromatic carbocycles. The Kier molecular flexibility index (Phi) is 3.02. The molecule has 21 heavy (non-hydrogen) atoms. The van der Waals surface area contributed by atoms with E-state index in [1.165, 1.54) is 12.0 Å². The Morgan fingerprint density at radius 2 is 1.76 bits per heavy atom. The second-order valence-corrected chi connectivity index (χ2v) is 7.95. The number of Topliss-reactive ketones (excluding diaryl/α,β-unsaturated/α-hetero) is 1. The molecule has 3 unspecified atom stereocenters. The smallest absolute Gasteiger partial charge is 0.142 e. The maximum atomic E-state index is 12.9. The summed E-state index contributed by atoms with van der Waals surface area (Å²) in [6, 6.07) is 4.08. The minimum Gasteiger partial charge on any atom is -0.507 e. The van der Waals surface area contributed by atoms with Crippen LogP contribution in [0.3, 0.4) is 0 Å². The highest BCUT2D eigenvalue weighted by Gasteiger charge is 2.65. The predicted octanol–water partition coefficient (Wildman–Crippen LogP) is 4.19. The van der Waals surface area contributed by atoms with Crippen molar-refractivity contribution in [1.82, 2.24) is 0 Å². The molecule has 2 heteroatoms. The average molecular weight is 286 g/mol. The molecule has 3 atom stereocenters. The van der Waals surface area contributed by atoms with E-state index >= 15 is 0 Å². The van der Waals surface area contributed by atoms with Crippen LogP contribution in [-0.2, 0) is 11.2 Å². The zero-order valence-electron chi connectivity index (χ0n) is 13.8. The van der Waals surface area contributed by atoms with Crippen molar-refractivity contribution in [3.63, 3.8) is 0 Å².